The van der Waals surface area contributed by atoms with Gasteiger partial charge in [0.05, 0.1) is 16.7 Å². The van der Waals surface area contributed by atoms with Crippen molar-refractivity contribution in [2.45, 2.75) is 27.2 Å². The monoisotopic (exact) mass is 265 g/mol. The molecule has 2 rings (SSSR count). The molecule has 0 saturated carbocycles. The highest BCUT2D eigenvalue weighted by Crippen LogP contribution is 2.31. The van der Waals surface area contributed by atoms with Crippen LogP contribution in [0.5, 0.6) is 0 Å². The van der Waals surface area contributed by atoms with Crippen LogP contribution in [0.2, 0.25) is 0 Å². The zero-order chi connectivity index (χ0) is 14.4. The van der Waals surface area contributed by atoms with Crippen molar-refractivity contribution in [3.8, 4) is 0 Å². The molecule has 1 atom stereocenters. The van der Waals surface area contributed by atoms with E-state index in [0.29, 0.717) is 24.2 Å². The molecule has 1 aromatic rings. The Labute approximate surface area is 112 Å². The van der Waals surface area contributed by atoms with Gasteiger partial charge in [-0.3, -0.25) is 14.3 Å². The second kappa shape index (κ2) is 4.36. The van der Waals surface area contributed by atoms with E-state index in [1.807, 2.05) is 6.92 Å². The topological polar surface area (TPSA) is 75.4 Å². The fraction of sp³-hybridized carbons (Fsp3) is 0.615. The first-order chi connectivity index (χ1) is 8.76. The standard InChI is InChI=1S/C13H19N3O3/c1-8-10(9(2)15(4)14-8)11(17)16-6-5-13(3,7-16)12(18)19/h5-7H2,1-4H3,(H,18,19). The summed E-state index contributed by atoms with van der Waals surface area (Å²) in [7, 11) is 1.80. The van der Waals surface area contributed by atoms with Gasteiger partial charge >= 0.3 is 5.97 Å². The molecule has 1 saturated heterocycles. The summed E-state index contributed by atoms with van der Waals surface area (Å²) >= 11 is 0. The average molecular weight is 265 g/mol. The van der Waals surface area contributed by atoms with Crippen LogP contribution in [-0.2, 0) is 11.8 Å². The molecule has 1 aliphatic rings. The van der Waals surface area contributed by atoms with Crippen molar-refractivity contribution in [2.24, 2.45) is 12.5 Å². The van der Waals surface area contributed by atoms with Gasteiger partial charge < -0.3 is 10.0 Å². The molecule has 1 fully saturated rings. The Morgan fingerprint density at radius 3 is 2.42 bits per heavy atom. The first kappa shape index (κ1) is 13.6. The average Bonchev–Trinajstić information content (AvgIpc) is 2.83. The molecule has 2 heterocycles. The van der Waals surface area contributed by atoms with Crippen LogP contribution < -0.4 is 0 Å². The van der Waals surface area contributed by atoms with Crippen LogP contribution >= 0.6 is 0 Å². The molecule has 0 spiro atoms. The predicted molar refractivity (Wildman–Crippen MR) is 68.9 cm³/mol. The summed E-state index contributed by atoms with van der Waals surface area (Å²) in [4.78, 5) is 25.3. The van der Waals surface area contributed by atoms with E-state index in [0.717, 1.165) is 5.69 Å². The SMILES string of the molecule is Cc1nn(C)c(C)c1C(=O)N1CCC(C)(C(=O)O)C1. The van der Waals surface area contributed by atoms with Crippen molar-refractivity contribution in [1.82, 2.24) is 14.7 Å². The highest BCUT2D eigenvalue weighted by Gasteiger charge is 2.42. The van der Waals surface area contributed by atoms with Crippen LogP contribution in [0.3, 0.4) is 0 Å². The Morgan fingerprint density at radius 2 is 2.00 bits per heavy atom. The lowest BCUT2D eigenvalue weighted by atomic mass is 9.90. The summed E-state index contributed by atoms with van der Waals surface area (Å²) in [6, 6.07) is 0. The highest BCUT2D eigenvalue weighted by atomic mass is 16.4. The highest BCUT2D eigenvalue weighted by molar-refractivity contribution is 5.97. The number of carbonyl (C=O) groups excluding carboxylic acids is 1. The van der Waals surface area contributed by atoms with Gasteiger partial charge in [-0.1, -0.05) is 0 Å². The summed E-state index contributed by atoms with van der Waals surface area (Å²) in [5, 5.41) is 13.4. The van der Waals surface area contributed by atoms with Crippen LogP contribution in [0.1, 0.15) is 35.1 Å². The molecule has 1 unspecified atom stereocenters. The molecule has 1 aliphatic heterocycles. The number of carbonyl (C=O) groups is 2. The zero-order valence-corrected chi connectivity index (χ0v) is 11.7. The van der Waals surface area contributed by atoms with Gasteiger partial charge in [-0.2, -0.15) is 5.10 Å². The predicted octanol–water partition coefficient (Wildman–Crippen LogP) is 0.974. The lowest BCUT2D eigenvalue weighted by Gasteiger charge is -2.20. The van der Waals surface area contributed by atoms with E-state index < -0.39 is 11.4 Å². The molecule has 0 bridgehead atoms. The molecule has 0 radical (unpaired) electrons. The molecule has 1 amide bonds. The minimum absolute atomic E-state index is 0.118. The molecular formula is C13H19N3O3. The lowest BCUT2D eigenvalue weighted by molar-refractivity contribution is -0.147. The van der Waals surface area contributed by atoms with E-state index in [4.69, 9.17) is 0 Å². The van der Waals surface area contributed by atoms with E-state index >= 15 is 0 Å². The first-order valence-corrected chi connectivity index (χ1v) is 6.29. The number of aryl methyl sites for hydroxylation is 2. The molecule has 1 aromatic heterocycles. The summed E-state index contributed by atoms with van der Waals surface area (Å²) in [5.74, 6) is -0.962. The maximum atomic E-state index is 12.5. The molecule has 104 valence electrons. The number of aliphatic carboxylic acids is 1. The number of amides is 1. The van der Waals surface area contributed by atoms with Crippen molar-refractivity contribution in [1.29, 1.82) is 0 Å². The van der Waals surface area contributed by atoms with Gasteiger partial charge in [0.2, 0.25) is 0 Å². The Balaban J connectivity index is 2.25. The third-order valence-corrected chi connectivity index (χ3v) is 4.00. The molecule has 19 heavy (non-hydrogen) atoms. The quantitative estimate of drug-likeness (QED) is 0.864. The Bertz CT molecular complexity index is 550. The van der Waals surface area contributed by atoms with Crippen molar-refractivity contribution < 1.29 is 14.7 Å². The van der Waals surface area contributed by atoms with Crippen LogP contribution in [0.4, 0.5) is 0 Å². The van der Waals surface area contributed by atoms with Crippen molar-refractivity contribution in [3.63, 3.8) is 0 Å². The number of nitrogens with zero attached hydrogens (tertiary/aromatic N) is 3. The fourth-order valence-corrected chi connectivity index (χ4v) is 2.55. The van der Waals surface area contributed by atoms with Gasteiger partial charge in [0, 0.05) is 25.8 Å². The van der Waals surface area contributed by atoms with Gasteiger partial charge in [-0.15, -0.1) is 0 Å². The third-order valence-electron chi connectivity index (χ3n) is 4.00. The third kappa shape index (κ3) is 2.11. The van der Waals surface area contributed by atoms with Gasteiger partial charge in [-0.05, 0) is 27.2 Å². The van der Waals surface area contributed by atoms with E-state index in [1.165, 1.54) is 0 Å². The van der Waals surface area contributed by atoms with Gasteiger partial charge in [-0.25, -0.2) is 0 Å². The summed E-state index contributed by atoms with van der Waals surface area (Å²) in [6.45, 7) is 6.07. The van der Waals surface area contributed by atoms with Crippen molar-refractivity contribution in [3.05, 3.63) is 17.0 Å². The van der Waals surface area contributed by atoms with Crippen LogP contribution in [-0.4, -0.2) is 44.8 Å². The van der Waals surface area contributed by atoms with Crippen LogP contribution in [0.15, 0.2) is 0 Å². The summed E-state index contributed by atoms with van der Waals surface area (Å²) in [5.41, 5.74) is 1.26. The minimum Gasteiger partial charge on any atom is -0.481 e. The number of hydrogen-bond acceptors (Lipinski definition) is 3. The van der Waals surface area contributed by atoms with E-state index in [2.05, 4.69) is 5.10 Å². The van der Waals surface area contributed by atoms with Gasteiger partial charge in [0.15, 0.2) is 0 Å². The molecule has 6 nitrogen and oxygen atoms in total. The second-order valence-electron chi connectivity index (χ2n) is 5.51. The number of rotatable bonds is 2. The van der Waals surface area contributed by atoms with Gasteiger partial charge in [0.25, 0.3) is 5.91 Å². The Morgan fingerprint density at radius 1 is 1.37 bits per heavy atom. The zero-order valence-electron chi connectivity index (χ0n) is 11.7. The maximum Gasteiger partial charge on any atom is 0.311 e. The molecular weight excluding hydrogens is 246 g/mol. The molecule has 6 heteroatoms. The smallest absolute Gasteiger partial charge is 0.311 e. The Kier molecular flexibility index (Phi) is 3.12. The minimum atomic E-state index is -0.845. The van der Waals surface area contributed by atoms with Crippen molar-refractivity contribution in [2.75, 3.05) is 13.1 Å². The molecule has 0 aliphatic carbocycles. The van der Waals surface area contributed by atoms with E-state index in [9.17, 15) is 14.7 Å². The first-order valence-electron chi connectivity index (χ1n) is 6.29. The molecule has 1 N–H and O–H groups in total. The molecule has 0 aromatic carbocycles. The number of hydrogen-bond donors (Lipinski definition) is 1. The number of carboxylic acids is 1. The summed E-state index contributed by atoms with van der Waals surface area (Å²) in [6.07, 6.45) is 0.492. The number of likely N-dealkylation sites (tertiary alicyclic amines) is 1. The number of aromatic nitrogens is 2. The summed E-state index contributed by atoms with van der Waals surface area (Å²) < 4.78 is 1.68. The Hall–Kier alpha value is -1.85. The van der Waals surface area contributed by atoms with E-state index in [-0.39, 0.29) is 12.5 Å². The largest absolute Gasteiger partial charge is 0.481 e. The van der Waals surface area contributed by atoms with Crippen LogP contribution in [0, 0.1) is 19.3 Å². The fourth-order valence-electron chi connectivity index (χ4n) is 2.55. The normalized spacial score (nSPS) is 22.8. The second-order valence-corrected chi connectivity index (χ2v) is 5.51. The van der Waals surface area contributed by atoms with Crippen molar-refractivity contribution >= 4 is 11.9 Å². The van der Waals surface area contributed by atoms with Crippen LogP contribution in [0.25, 0.3) is 0 Å². The number of carboxylic acid groups (broad SMARTS) is 1. The van der Waals surface area contributed by atoms with Gasteiger partial charge in [0.1, 0.15) is 0 Å². The lowest BCUT2D eigenvalue weighted by Crippen LogP contribution is -2.35. The van der Waals surface area contributed by atoms with E-state index in [1.54, 1.807) is 30.5 Å². The maximum absolute atomic E-state index is 12.5.